The van der Waals surface area contributed by atoms with E-state index in [0.717, 1.165) is 0 Å². The largest absolute Gasteiger partial charge is 0.360 e. The van der Waals surface area contributed by atoms with Crippen molar-refractivity contribution < 1.29 is 18.5 Å². The second-order valence-electron chi connectivity index (χ2n) is 7.92. The fourth-order valence-corrected chi connectivity index (χ4v) is 4.17. The van der Waals surface area contributed by atoms with E-state index in [1.807, 2.05) is 6.07 Å². The third kappa shape index (κ3) is 5.26. The highest BCUT2D eigenvalue weighted by Gasteiger charge is 2.21. The van der Waals surface area contributed by atoms with Crippen LogP contribution in [-0.4, -0.2) is 31.7 Å². The molecule has 190 valence electrons. The summed E-state index contributed by atoms with van der Waals surface area (Å²) in [7, 11) is 0. The Bertz CT molecular complexity index is 1620. The molecule has 12 heteroatoms. The summed E-state index contributed by atoms with van der Waals surface area (Å²) in [6.45, 7) is 0.103. The van der Waals surface area contributed by atoms with E-state index in [2.05, 4.69) is 25.9 Å². The molecule has 3 aromatic heterocycles. The van der Waals surface area contributed by atoms with Crippen LogP contribution in [0.1, 0.15) is 26.6 Å². The number of nitrogens with zero attached hydrogens (tertiary/aromatic N) is 4. The Kier molecular flexibility index (Phi) is 7.16. The topological polar surface area (TPSA) is 115 Å². The summed E-state index contributed by atoms with van der Waals surface area (Å²) >= 11 is 12.6. The number of pyridine rings is 1. The summed E-state index contributed by atoms with van der Waals surface area (Å²) in [6, 6.07) is 17.3. The van der Waals surface area contributed by atoms with E-state index in [0.29, 0.717) is 11.4 Å². The average Bonchev–Trinajstić information content (AvgIpc) is 3.59. The Morgan fingerprint density at radius 1 is 0.947 bits per heavy atom. The van der Waals surface area contributed by atoms with Gasteiger partial charge in [-0.15, -0.1) is 0 Å². The van der Waals surface area contributed by atoms with Crippen LogP contribution in [0.3, 0.4) is 0 Å². The molecule has 2 N–H and O–H groups in total. The van der Waals surface area contributed by atoms with E-state index in [4.69, 9.17) is 27.7 Å². The number of nitrogens with one attached hydrogen (secondary N) is 2. The Morgan fingerprint density at radius 2 is 1.76 bits per heavy atom. The molecule has 0 aliphatic rings. The highest BCUT2D eigenvalue weighted by atomic mass is 35.5. The number of benzene rings is 2. The zero-order valence-corrected chi connectivity index (χ0v) is 20.9. The van der Waals surface area contributed by atoms with Crippen molar-refractivity contribution >= 4 is 40.8 Å². The monoisotopic (exact) mass is 550 g/mol. The van der Waals surface area contributed by atoms with Gasteiger partial charge in [-0.1, -0.05) is 46.6 Å². The van der Waals surface area contributed by atoms with Gasteiger partial charge in [0.15, 0.2) is 11.5 Å². The fourth-order valence-electron chi connectivity index (χ4n) is 3.61. The minimum atomic E-state index is -0.630. The first-order chi connectivity index (χ1) is 18.4. The Hall–Kier alpha value is -4.54. The summed E-state index contributed by atoms with van der Waals surface area (Å²) in [5, 5.41) is 13.6. The van der Waals surface area contributed by atoms with Crippen molar-refractivity contribution in [2.75, 3.05) is 5.32 Å². The molecule has 2 aromatic carbocycles. The molecule has 0 spiro atoms. The molecule has 0 aliphatic heterocycles. The van der Waals surface area contributed by atoms with Crippen LogP contribution in [0.4, 0.5) is 10.2 Å². The van der Waals surface area contributed by atoms with Gasteiger partial charge in [-0.2, -0.15) is 5.10 Å². The van der Waals surface area contributed by atoms with Gasteiger partial charge in [-0.3, -0.25) is 14.6 Å². The zero-order chi connectivity index (χ0) is 26.6. The predicted molar refractivity (Wildman–Crippen MR) is 139 cm³/mol. The molecule has 0 fully saturated rings. The summed E-state index contributed by atoms with van der Waals surface area (Å²) in [6.07, 6.45) is 2.88. The summed E-state index contributed by atoms with van der Waals surface area (Å²) in [5.74, 6) is -1.07. The number of hydrogen-bond acceptors (Lipinski definition) is 6. The number of carbonyl (C=O) groups is 2. The molecular formula is C26H17Cl2FN6O3. The number of rotatable bonds is 7. The van der Waals surface area contributed by atoms with Crippen molar-refractivity contribution in [1.82, 2.24) is 25.2 Å². The quantitative estimate of drug-likeness (QED) is 0.274. The van der Waals surface area contributed by atoms with E-state index in [1.165, 1.54) is 47.4 Å². The molecule has 5 rings (SSSR count). The first-order valence-electron chi connectivity index (χ1n) is 11.1. The molecule has 5 aromatic rings. The Balaban J connectivity index is 1.47. The smallest absolute Gasteiger partial charge is 0.272 e. The SMILES string of the molecule is O=C(NCc1ccno1)c1cc(NC(=O)c2cc(-c3ncccc3F)c(Cl)cc2Cl)n(-c2ccccc2)n1. The van der Waals surface area contributed by atoms with E-state index in [-0.39, 0.29) is 44.9 Å². The minimum Gasteiger partial charge on any atom is -0.360 e. The standard InChI is InChI=1S/C26H17Cl2FN6O3/c27-19-12-20(28)18(11-17(19)24-21(29)7-4-9-30-24)25(36)33-23-13-22(26(37)31-14-16-8-10-32-38-16)34-35(23)15-5-2-1-3-6-15/h1-13H,14H2,(H,31,37)(H,33,36). The van der Waals surface area contributed by atoms with Gasteiger partial charge in [-0.05, 0) is 36.4 Å². The second-order valence-corrected chi connectivity index (χ2v) is 8.74. The first-order valence-corrected chi connectivity index (χ1v) is 11.9. The Morgan fingerprint density at radius 3 is 2.50 bits per heavy atom. The van der Waals surface area contributed by atoms with Gasteiger partial charge in [-0.25, -0.2) is 9.07 Å². The normalized spacial score (nSPS) is 10.8. The number of aromatic nitrogens is 4. The summed E-state index contributed by atoms with van der Waals surface area (Å²) < 4.78 is 20.8. The number of halogens is 3. The molecule has 0 aliphatic carbocycles. The molecular weight excluding hydrogens is 534 g/mol. The molecule has 38 heavy (non-hydrogen) atoms. The maximum atomic E-state index is 14.4. The lowest BCUT2D eigenvalue weighted by Gasteiger charge is -2.12. The van der Waals surface area contributed by atoms with Crippen molar-refractivity contribution in [2.24, 2.45) is 0 Å². The van der Waals surface area contributed by atoms with Gasteiger partial charge in [0.05, 0.1) is 34.0 Å². The molecule has 0 atom stereocenters. The van der Waals surface area contributed by atoms with Gasteiger partial charge in [0.1, 0.15) is 17.3 Å². The molecule has 0 radical (unpaired) electrons. The van der Waals surface area contributed by atoms with Crippen LogP contribution in [0, 0.1) is 5.82 Å². The fraction of sp³-hybridized carbons (Fsp3) is 0.0385. The van der Waals surface area contributed by atoms with Gasteiger partial charge < -0.3 is 15.2 Å². The highest BCUT2D eigenvalue weighted by molar-refractivity contribution is 6.38. The van der Waals surface area contributed by atoms with Crippen LogP contribution in [0.5, 0.6) is 0 Å². The summed E-state index contributed by atoms with van der Waals surface area (Å²) in [4.78, 5) is 30.2. The van der Waals surface area contributed by atoms with Crippen LogP contribution in [0.25, 0.3) is 16.9 Å². The van der Waals surface area contributed by atoms with Gasteiger partial charge in [0.2, 0.25) is 0 Å². The number of hydrogen-bond donors (Lipinski definition) is 2. The third-order valence-electron chi connectivity index (χ3n) is 5.41. The molecule has 3 heterocycles. The van der Waals surface area contributed by atoms with Crippen LogP contribution < -0.4 is 10.6 Å². The van der Waals surface area contributed by atoms with Crippen molar-refractivity contribution in [3.8, 4) is 16.9 Å². The average molecular weight is 551 g/mol. The Labute approximate surface area is 225 Å². The second kappa shape index (κ2) is 10.8. The molecule has 0 saturated carbocycles. The number of carbonyl (C=O) groups excluding carboxylic acids is 2. The van der Waals surface area contributed by atoms with Crippen LogP contribution in [0.2, 0.25) is 10.0 Å². The number of amides is 2. The highest BCUT2D eigenvalue weighted by Crippen LogP contribution is 2.33. The lowest BCUT2D eigenvalue weighted by molar-refractivity contribution is 0.0941. The molecule has 0 saturated heterocycles. The third-order valence-corrected chi connectivity index (χ3v) is 6.04. The molecule has 9 nitrogen and oxygen atoms in total. The zero-order valence-electron chi connectivity index (χ0n) is 19.4. The van der Waals surface area contributed by atoms with Gasteiger partial charge in [0, 0.05) is 23.9 Å². The van der Waals surface area contributed by atoms with Crippen molar-refractivity contribution in [1.29, 1.82) is 0 Å². The molecule has 0 bridgehead atoms. The number of anilines is 1. The number of para-hydroxylation sites is 1. The van der Waals surface area contributed by atoms with Crippen molar-refractivity contribution in [3.63, 3.8) is 0 Å². The van der Waals surface area contributed by atoms with Crippen molar-refractivity contribution in [2.45, 2.75) is 6.54 Å². The van der Waals surface area contributed by atoms with E-state index < -0.39 is 17.6 Å². The van der Waals surface area contributed by atoms with Crippen molar-refractivity contribution in [3.05, 3.63) is 112 Å². The van der Waals surface area contributed by atoms with E-state index in [9.17, 15) is 14.0 Å². The maximum Gasteiger partial charge on any atom is 0.272 e. The summed E-state index contributed by atoms with van der Waals surface area (Å²) in [5.41, 5.74) is 0.831. The van der Waals surface area contributed by atoms with Gasteiger partial charge in [0.25, 0.3) is 11.8 Å². The molecule has 2 amide bonds. The van der Waals surface area contributed by atoms with E-state index >= 15 is 0 Å². The lowest BCUT2D eigenvalue weighted by Crippen LogP contribution is -2.23. The minimum absolute atomic E-state index is 0.0215. The lowest BCUT2D eigenvalue weighted by atomic mass is 10.1. The van der Waals surface area contributed by atoms with Crippen LogP contribution >= 0.6 is 23.2 Å². The van der Waals surface area contributed by atoms with Crippen LogP contribution in [0.15, 0.2) is 83.6 Å². The predicted octanol–water partition coefficient (Wildman–Crippen LogP) is 5.55. The van der Waals surface area contributed by atoms with Crippen LogP contribution in [-0.2, 0) is 6.54 Å². The maximum absolute atomic E-state index is 14.4. The van der Waals surface area contributed by atoms with Gasteiger partial charge >= 0.3 is 0 Å². The van der Waals surface area contributed by atoms with E-state index in [1.54, 1.807) is 30.3 Å². The molecule has 0 unspecified atom stereocenters. The first kappa shape index (κ1) is 25.1.